The fourth-order valence-electron chi connectivity index (χ4n) is 5.52. The maximum absolute atomic E-state index is 13.5. The number of nitrogens with zero attached hydrogens (tertiary/aromatic N) is 2. The highest BCUT2D eigenvalue weighted by Gasteiger charge is 2.29. The summed E-state index contributed by atoms with van der Waals surface area (Å²) in [5, 5.41) is 10.9. The number of nitrogen functional groups attached to an aromatic ring is 1. The molecule has 1 fully saturated rings. The van der Waals surface area contributed by atoms with E-state index >= 15 is 0 Å². The number of carbonyl (C=O) groups is 3. The van der Waals surface area contributed by atoms with Crippen LogP contribution in [-0.4, -0.2) is 46.6 Å². The minimum Gasteiger partial charge on any atom is -0.489 e. The van der Waals surface area contributed by atoms with Gasteiger partial charge in [0.15, 0.2) is 12.4 Å². The Kier molecular flexibility index (Phi) is 10.4. The Morgan fingerprint density at radius 1 is 1.02 bits per heavy atom. The second-order valence-corrected chi connectivity index (χ2v) is 12.6. The predicted octanol–water partition coefficient (Wildman–Crippen LogP) is 5.75. The van der Waals surface area contributed by atoms with Gasteiger partial charge in [0.1, 0.15) is 23.9 Å². The third kappa shape index (κ3) is 8.58. The largest absolute Gasteiger partial charge is 0.489 e. The third-order valence-corrected chi connectivity index (χ3v) is 8.66. The molecule has 4 aromatic rings. The molecule has 0 bridgehead atoms. The molecular formula is C38H38ClN5O5. The zero-order chi connectivity index (χ0) is 34.3. The summed E-state index contributed by atoms with van der Waals surface area (Å²) in [5.74, 6) is 0.227. The Hall–Kier alpha value is -5.35. The Morgan fingerprint density at radius 2 is 1.84 bits per heavy atom. The zero-order valence-electron chi connectivity index (χ0n) is 27.2. The summed E-state index contributed by atoms with van der Waals surface area (Å²) in [6.45, 7) is 2.46. The van der Waals surface area contributed by atoms with E-state index in [1.807, 2.05) is 61.5 Å². The molecule has 1 atom stereocenters. The summed E-state index contributed by atoms with van der Waals surface area (Å²) in [4.78, 5) is 38.8. The van der Waals surface area contributed by atoms with Crippen LogP contribution in [0.3, 0.4) is 0 Å². The molecule has 0 saturated heterocycles. The number of amides is 2. The highest BCUT2D eigenvalue weighted by molar-refractivity contribution is 6.30. The van der Waals surface area contributed by atoms with E-state index in [0.717, 1.165) is 29.5 Å². The minimum absolute atomic E-state index is 0.0179. The van der Waals surface area contributed by atoms with E-state index in [1.165, 1.54) is 10.9 Å². The van der Waals surface area contributed by atoms with Crippen molar-refractivity contribution in [2.24, 2.45) is 5.92 Å². The van der Waals surface area contributed by atoms with E-state index in [0.29, 0.717) is 53.8 Å². The maximum atomic E-state index is 13.5. The van der Waals surface area contributed by atoms with Crippen LogP contribution in [0.1, 0.15) is 53.2 Å². The van der Waals surface area contributed by atoms with E-state index in [2.05, 4.69) is 15.7 Å². The van der Waals surface area contributed by atoms with Gasteiger partial charge < -0.3 is 25.8 Å². The van der Waals surface area contributed by atoms with E-state index in [1.54, 1.807) is 30.3 Å². The number of halogens is 1. The minimum atomic E-state index is -0.341. The van der Waals surface area contributed by atoms with Gasteiger partial charge >= 0.3 is 0 Å². The topological polar surface area (TPSA) is 138 Å². The van der Waals surface area contributed by atoms with E-state index in [-0.39, 0.29) is 47.5 Å². The molecule has 2 amide bonds. The summed E-state index contributed by atoms with van der Waals surface area (Å²) in [6, 6.07) is 22.1. The molecule has 2 aliphatic rings. The lowest BCUT2D eigenvalue weighted by Gasteiger charge is -2.20. The molecule has 6 rings (SSSR count). The molecule has 1 aromatic heterocycles. The Labute approximate surface area is 289 Å². The number of ether oxygens (including phenoxy) is 2. The summed E-state index contributed by atoms with van der Waals surface area (Å²) < 4.78 is 13.2. The first-order valence-corrected chi connectivity index (χ1v) is 16.7. The van der Waals surface area contributed by atoms with Crippen LogP contribution in [0.2, 0.25) is 5.02 Å². The molecule has 2 aliphatic carbocycles. The lowest BCUT2D eigenvalue weighted by molar-refractivity contribution is -0.124. The first-order chi connectivity index (χ1) is 23.7. The van der Waals surface area contributed by atoms with Gasteiger partial charge in [-0.3, -0.25) is 14.4 Å². The molecule has 4 N–H and O–H groups in total. The van der Waals surface area contributed by atoms with Crippen molar-refractivity contribution in [3.05, 3.63) is 124 Å². The first kappa shape index (κ1) is 33.5. The van der Waals surface area contributed by atoms with Crippen molar-refractivity contribution >= 4 is 40.7 Å². The van der Waals surface area contributed by atoms with Crippen LogP contribution in [0, 0.1) is 5.92 Å². The van der Waals surface area contributed by atoms with Gasteiger partial charge in [0.25, 0.3) is 5.91 Å². The Balaban J connectivity index is 1.03. The molecule has 49 heavy (non-hydrogen) atoms. The summed E-state index contributed by atoms with van der Waals surface area (Å²) in [6.07, 6.45) is 8.41. The number of ketones is 1. The van der Waals surface area contributed by atoms with Gasteiger partial charge in [0, 0.05) is 23.2 Å². The van der Waals surface area contributed by atoms with E-state index < -0.39 is 0 Å². The third-order valence-electron chi connectivity index (χ3n) is 8.42. The molecule has 0 radical (unpaired) electrons. The highest BCUT2D eigenvalue weighted by Crippen LogP contribution is 2.31. The van der Waals surface area contributed by atoms with Gasteiger partial charge in [0.05, 0.1) is 23.4 Å². The average Bonchev–Trinajstić information content (AvgIpc) is 3.85. The molecule has 0 aliphatic heterocycles. The quantitative estimate of drug-likeness (QED) is 0.144. The van der Waals surface area contributed by atoms with Gasteiger partial charge in [-0.05, 0) is 85.7 Å². The number of benzene rings is 3. The van der Waals surface area contributed by atoms with Gasteiger partial charge in [-0.25, -0.2) is 4.68 Å². The number of nitrogens with two attached hydrogens (primary N) is 1. The monoisotopic (exact) mass is 679 g/mol. The molecule has 10 nitrogen and oxygen atoms in total. The molecule has 1 saturated carbocycles. The second kappa shape index (κ2) is 15.3. The van der Waals surface area contributed by atoms with Crippen LogP contribution in [0.25, 0.3) is 5.70 Å². The lowest BCUT2D eigenvalue weighted by atomic mass is 9.94. The molecule has 252 valence electrons. The molecule has 1 unspecified atom stereocenters. The Morgan fingerprint density at radius 3 is 2.63 bits per heavy atom. The predicted molar refractivity (Wildman–Crippen MR) is 188 cm³/mol. The van der Waals surface area contributed by atoms with Gasteiger partial charge in [-0.2, -0.15) is 5.10 Å². The second-order valence-electron chi connectivity index (χ2n) is 12.2. The number of allylic oxidation sites excluding steroid dienone is 3. The van der Waals surface area contributed by atoms with E-state index in [9.17, 15) is 14.4 Å². The van der Waals surface area contributed by atoms with Crippen LogP contribution in [0.4, 0.5) is 5.82 Å². The van der Waals surface area contributed by atoms with Crippen molar-refractivity contribution in [2.45, 2.75) is 45.3 Å². The zero-order valence-corrected chi connectivity index (χ0v) is 27.9. The molecular weight excluding hydrogens is 642 g/mol. The van der Waals surface area contributed by atoms with Gasteiger partial charge in [-0.1, -0.05) is 60.1 Å². The standard InChI is InChI=1S/C38H38ClN5O5/c1-24-10-11-28(38(47)43-30-13-14-30)20-33(24)44-37(40)32(21-42-44)36(46)27-8-5-9-31(19-27)48-23-35(45)41-17-16-26-18-29(39)12-15-34(26)49-22-25-6-3-2-4-7-25/h2-10,12,15,18-21,28,30H,11,13-14,16-17,22-23,40H2,1H3,(H,41,45)(H,43,47). The van der Waals surface area contributed by atoms with Crippen molar-refractivity contribution in [1.82, 2.24) is 20.4 Å². The normalized spacial score (nSPS) is 15.5. The van der Waals surface area contributed by atoms with E-state index in [4.69, 9.17) is 26.8 Å². The molecule has 1 heterocycles. The van der Waals surface area contributed by atoms with Gasteiger partial charge in [0.2, 0.25) is 5.91 Å². The fraction of sp³-hybridized carbons (Fsp3) is 0.263. The number of anilines is 1. The molecule has 11 heteroatoms. The van der Waals surface area contributed by atoms with Crippen LogP contribution in [0.5, 0.6) is 11.5 Å². The summed E-state index contributed by atoms with van der Waals surface area (Å²) in [5.41, 5.74) is 10.5. The number of hydrogen-bond acceptors (Lipinski definition) is 7. The molecule has 0 spiro atoms. The summed E-state index contributed by atoms with van der Waals surface area (Å²) in [7, 11) is 0. The lowest BCUT2D eigenvalue weighted by Crippen LogP contribution is -2.32. The van der Waals surface area contributed by atoms with Crippen LogP contribution >= 0.6 is 11.6 Å². The van der Waals surface area contributed by atoms with Crippen LogP contribution in [0.15, 0.2) is 96.7 Å². The first-order valence-electron chi connectivity index (χ1n) is 16.3. The van der Waals surface area contributed by atoms with Crippen molar-refractivity contribution in [3.8, 4) is 11.5 Å². The fourth-order valence-corrected chi connectivity index (χ4v) is 5.71. The smallest absolute Gasteiger partial charge is 0.257 e. The molecule has 3 aromatic carbocycles. The highest BCUT2D eigenvalue weighted by atomic mass is 35.5. The number of aromatic nitrogens is 2. The SMILES string of the molecule is CC1=CCC(C(=O)NC2CC2)C=C1n1ncc(C(=O)c2cccc(OCC(=O)NCCc3cc(Cl)ccc3OCc3ccccc3)c2)c1N. The Bertz CT molecular complexity index is 1910. The van der Waals surface area contributed by atoms with Crippen molar-refractivity contribution in [2.75, 3.05) is 18.9 Å². The van der Waals surface area contributed by atoms with Crippen LogP contribution in [-0.2, 0) is 22.6 Å². The number of nitrogens with one attached hydrogen (secondary N) is 2. The number of carbonyl (C=O) groups excluding carboxylic acids is 3. The maximum Gasteiger partial charge on any atom is 0.257 e. The number of rotatable bonds is 14. The van der Waals surface area contributed by atoms with Crippen molar-refractivity contribution in [3.63, 3.8) is 0 Å². The summed E-state index contributed by atoms with van der Waals surface area (Å²) >= 11 is 6.23. The van der Waals surface area contributed by atoms with Crippen molar-refractivity contribution in [1.29, 1.82) is 0 Å². The average molecular weight is 680 g/mol. The van der Waals surface area contributed by atoms with Gasteiger partial charge in [-0.15, -0.1) is 0 Å². The van der Waals surface area contributed by atoms with Crippen LogP contribution < -0.4 is 25.8 Å². The number of hydrogen-bond donors (Lipinski definition) is 3. The van der Waals surface area contributed by atoms with Crippen molar-refractivity contribution < 1.29 is 23.9 Å².